The maximum Gasteiger partial charge on any atom is 0.273 e. The number of rotatable bonds is 6. The summed E-state index contributed by atoms with van der Waals surface area (Å²) in [5.74, 6) is -0.585. The van der Waals surface area contributed by atoms with Gasteiger partial charge in [-0.25, -0.2) is 0 Å². The molecule has 1 rings (SSSR count). The van der Waals surface area contributed by atoms with Gasteiger partial charge in [-0.15, -0.1) is 0 Å². The highest BCUT2D eigenvalue weighted by molar-refractivity contribution is 6.64. The molecule has 1 aromatic rings. The van der Waals surface area contributed by atoms with Crippen LogP contribution in [0.4, 0.5) is 5.69 Å². The second-order valence-electron chi connectivity index (χ2n) is 3.81. The molecule has 92 valence electrons. The Morgan fingerprint density at radius 2 is 2.12 bits per heavy atom. The molecule has 0 aromatic heterocycles. The van der Waals surface area contributed by atoms with E-state index in [2.05, 4.69) is 0 Å². The van der Waals surface area contributed by atoms with E-state index in [1.54, 1.807) is 18.2 Å². The minimum atomic E-state index is -0.585. The Hall–Kier alpha value is -1.42. The summed E-state index contributed by atoms with van der Waals surface area (Å²) >= 11 is 5.53. The van der Waals surface area contributed by atoms with Crippen LogP contribution in [0.1, 0.15) is 37.7 Å². The number of nitro benzene ring substituents is 1. The van der Waals surface area contributed by atoms with Crippen molar-refractivity contribution in [2.24, 2.45) is 0 Å². The van der Waals surface area contributed by atoms with Gasteiger partial charge in [0.25, 0.3) is 5.69 Å². The van der Waals surface area contributed by atoms with Crippen LogP contribution in [0.3, 0.4) is 0 Å². The van der Waals surface area contributed by atoms with Gasteiger partial charge < -0.3 is 0 Å². The third-order valence-corrected chi connectivity index (χ3v) is 2.89. The molecule has 0 spiro atoms. The summed E-state index contributed by atoms with van der Waals surface area (Å²) in [5, 5.41) is 10.3. The van der Waals surface area contributed by atoms with Gasteiger partial charge in [0.1, 0.15) is 0 Å². The van der Waals surface area contributed by atoms with Crippen molar-refractivity contribution < 1.29 is 9.72 Å². The molecule has 0 saturated carbocycles. The molecule has 0 aliphatic carbocycles. The molecule has 0 aliphatic heterocycles. The summed E-state index contributed by atoms with van der Waals surface area (Å²) in [6.07, 6.45) is 2.28. The van der Waals surface area contributed by atoms with Crippen LogP contribution in [-0.2, 0) is 4.79 Å². The largest absolute Gasteiger partial charge is 0.281 e. The second-order valence-corrected chi connectivity index (χ2v) is 4.19. The molecule has 17 heavy (non-hydrogen) atoms. The highest BCUT2D eigenvalue weighted by atomic mass is 35.5. The summed E-state index contributed by atoms with van der Waals surface area (Å²) in [6, 6.07) is 6.26. The van der Waals surface area contributed by atoms with Crippen LogP contribution in [-0.4, -0.2) is 10.2 Å². The summed E-state index contributed by atoms with van der Waals surface area (Å²) in [4.78, 5) is 21.8. The van der Waals surface area contributed by atoms with Crippen LogP contribution < -0.4 is 0 Å². The maximum absolute atomic E-state index is 11.4. The monoisotopic (exact) mass is 255 g/mol. The van der Waals surface area contributed by atoms with Crippen LogP contribution in [0.25, 0.3) is 0 Å². The molecule has 0 N–H and O–H groups in total. The van der Waals surface area contributed by atoms with Crippen LogP contribution in [0.5, 0.6) is 0 Å². The zero-order valence-corrected chi connectivity index (χ0v) is 10.3. The van der Waals surface area contributed by atoms with Crippen molar-refractivity contribution in [3.05, 3.63) is 39.9 Å². The number of nitro groups is 1. The predicted octanol–water partition coefficient (Wildman–Crippen LogP) is 3.63. The van der Waals surface area contributed by atoms with Crippen molar-refractivity contribution in [3.8, 4) is 0 Å². The van der Waals surface area contributed by atoms with E-state index in [0.29, 0.717) is 12.0 Å². The van der Waals surface area contributed by atoms with Crippen LogP contribution in [0.2, 0.25) is 0 Å². The summed E-state index contributed by atoms with van der Waals surface area (Å²) < 4.78 is 0. The summed E-state index contributed by atoms with van der Waals surface area (Å²) in [6.45, 7) is 2.00. The third kappa shape index (κ3) is 3.53. The first-order chi connectivity index (χ1) is 8.07. The second kappa shape index (κ2) is 6.35. The first-order valence-electron chi connectivity index (χ1n) is 5.50. The topological polar surface area (TPSA) is 60.2 Å². The van der Waals surface area contributed by atoms with Crippen molar-refractivity contribution in [2.75, 3.05) is 0 Å². The smallest absolute Gasteiger partial charge is 0.273 e. The Morgan fingerprint density at radius 1 is 1.47 bits per heavy atom. The van der Waals surface area contributed by atoms with E-state index in [1.807, 2.05) is 6.92 Å². The third-order valence-electron chi connectivity index (χ3n) is 2.63. The highest BCUT2D eigenvalue weighted by Gasteiger charge is 2.25. The fraction of sp³-hybridized carbons (Fsp3) is 0.417. The van der Waals surface area contributed by atoms with E-state index >= 15 is 0 Å². The van der Waals surface area contributed by atoms with Crippen molar-refractivity contribution in [3.63, 3.8) is 0 Å². The first kappa shape index (κ1) is 13.6. The van der Waals surface area contributed by atoms with Gasteiger partial charge in [0.2, 0.25) is 5.24 Å². The number of nitrogens with zero attached hydrogens (tertiary/aromatic N) is 1. The molecule has 4 nitrogen and oxygen atoms in total. The molecule has 0 radical (unpaired) electrons. The van der Waals surface area contributed by atoms with E-state index in [1.165, 1.54) is 6.07 Å². The molecular formula is C12H14ClNO3. The molecule has 0 heterocycles. The number of halogens is 1. The summed E-state index contributed by atoms with van der Waals surface area (Å²) in [7, 11) is 0. The molecule has 0 amide bonds. The van der Waals surface area contributed by atoms with Crippen molar-refractivity contribution in [2.45, 2.75) is 32.1 Å². The zero-order valence-electron chi connectivity index (χ0n) is 9.56. The Labute approximate surface area is 105 Å². The normalized spacial score (nSPS) is 12.1. The van der Waals surface area contributed by atoms with Gasteiger partial charge in [-0.1, -0.05) is 38.0 Å². The molecule has 1 aromatic carbocycles. The van der Waals surface area contributed by atoms with Gasteiger partial charge in [0, 0.05) is 11.6 Å². The first-order valence-corrected chi connectivity index (χ1v) is 5.88. The van der Waals surface area contributed by atoms with Gasteiger partial charge in [0.15, 0.2) is 0 Å². The molecule has 1 unspecified atom stereocenters. The average molecular weight is 256 g/mol. The van der Waals surface area contributed by atoms with E-state index in [9.17, 15) is 14.9 Å². The Balaban J connectivity index is 3.09. The quantitative estimate of drug-likeness (QED) is 0.443. The van der Waals surface area contributed by atoms with Gasteiger partial charge >= 0.3 is 0 Å². The number of para-hydroxylation sites is 1. The Bertz CT molecular complexity index is 420. The Kier molecular flexibility index (Phi) is 5.10. The van der Waals surface area contributed by atoms with Crippen molar-refractivity contribution in [1.29, 1.82) is 0 Å². The fourth-order valence-corrected chi connectivity index (χ4v) is 1.97. The average Bonchev–Trinajstić information content (AvgIpc) is 2.29. The van der Waals surface area contributed by atoms with Crippen LogP contribution in [0.15, 0.2) is 24.3 Å². The number of carbonyl (C=O) groups is 1. The number of hydrogen-bond acceptors (Lipinski definition) is 3. The lowest BCUT2D eigenvalue weighted by Gasteiger charge is -2.12. The molecule has 0 bridgehead atoms. The van der Waals surface area contributed by atoms with E-state index < -0.39 is 16.1 Å². The maximum atomic E-state index is 11.4. The fourth-order valence-electron chi connectivity index (χ4n) is 1.75. The molecule has 0 aliphatic rings. The van der Waals surface area contributed by atoms with Gasteiger partial charge in [-0.05, 0) is 18.0 Å². The lowest BCUT2D eigenvalue weighted by molar-refractivity contribution is -0.385. The molecule has 5 heteroatoms. The molecule has 0 saturated heterocycles. The van der Waals surface area contributed by atoms with Crippen molar-refractivity contribution in [1.82, 2.24) is 0 Å². The minimum absolute atomic E-state index is 0.0393. The lowest BCUT2D eigenvalue weighted by Crippen LogP contribution is -2.09. The zero-order chi connectivity index (χ0) is 12.8. The number of benzene rings is 1. The van der Waals surface area contributed by atoms with Gasteiger partial charge in [0.05, 0.1) is 10.8 Å². The highest BCUT2D eigenvalue weighted by Crippen LogP contribution is 2.31. The summed E-state index contributed by atoms with van der Waals surface area (Å²) in [5.41, 5.74) is 0.369. The number of hydrogen-bond donors (Lipinski definition) is 0. The number of unbranched alkanes of at least 4 members (excludes halogenated alkanes) is 1. The molecular weight excluding hydrogens is 242 g/mol. The van der Waals surface area contributed by atoms with E-state index in [0.717, 1.165) is 12.8 Å². The van der Waals surface area contributed by atoms with Gasteiger partial charge in [-0.3, -0.25) is 14.9 Å². The lowest BCUT2D eigenvalue weighted by atomic mass is 9.93. The minimum Gasteiger partial charge on any atom is -0.281 e. The Morgan fingerprint density at radius 3 is 2.65 bits per heavy atom. The van der Waals surface area contributed by atoms with E-state index in [-0.39, 0.29) is 5.69 Å². The van der Waals surface area contributed by atoms with Crippen LogP contribution >= 0.6 is 11.6 Å². The van der Waals surface area contributed by atoms with Crippen molar-refractivity contribution >= 4 is 22.5 Å². The van der Waals surface area contributed by atoms with Gasteiger partial charge in [-0.2, -0.15) is 0 Å². The standard InChI is InChI=1S/C12H14ClNO3/c1-2-3-6-10(12(13)15)9-7-4-5-8-11(9)14(16)17/h4-5,7-8,10H,2-3,6H2,1H3. The van der Waals surface area contributed by atoms with E-state index in [4.69, 9.17) is 11.6 Å². The van der Waals surface area contributed by atoms with Crippen LogP contribution in [0, 0.1) is 10.1 Å². The SMILES string of the molecule is CCCCC(C(=O)Cl)c1ccccc1[N+](=O)[O-]. The predicted molar refractivity (Wildman–Crippen MR) is 66.2 cm³/mol. The molecule has 1 atom stereocenters. The number of carbonyl (C=O) groups excluding carboxylic acids is 1. The molecule has 0 fully saturated rings.